The molecule has 96 valence electrons. The molecular weight excluding hydrogens is 252 g/mol. The maximum Gasteiger partial charge on any atom is 0.0490 e. The highest BCUT2D eigenvalue weighted by molar-refractivity contribution is 6.30. The van der Waals surface area contributed by atoms with Crippen LogP contribution < -0.4 is 0 Å². The first kappa shape index (κ1) is 13.7. The predicted molar refractivity (Wildman–Crippen MR) is 82.6 cm³/mol. The van der Waals surface area contributed by atoms with Gasteiger partial charge in [-0.15, -0.1) is 6.42 Å². The zero-order valence-electron chi connectivity index (χ0n) is 11.3. The molecule has 0 amide bonds. The Morgan fingerprint density at radius 2 is 1.89 bits per heavy atom. The zero-order chi connectivity index (χ0) is 13.8. The van der Waals surface area contributed by atoms with Crippen molar-refractivity contribution < 1.29 is 0 Å². The van der Waals surface area contributed by atoms with Gasteiger partial charge in [0, 0.05) is 10.9 Å². The van der Waals surface area contributed by atoms with Crippen LogP contribution >= 0.6 is 11.6 Å². The van der Waals surface area contributed by atoms with Crippen LogP contribution in [-0.4, -0.2) is 0 Å². The first-order valence-electron chi connectivity index (χ1n) is 6.38. The third kappa shape index (κ3) is 3.40. The first-order valence-corrected chi connectivity index (χ1v) is 6.75. The second-order valence-corrected chi connectivity index (χ2v) is 5.33. The molecule has 0 fully saturated rings. The molecule has 1 atom stereocenters. The molecule has 0 heterocycles. The van der Waals surface area contributed by atoms with E-state index < -0.39 is 0 Å². The second-order valence-electron chi connectivity index (χ2n) is 4.90. The van der Waals surface area contributed by atoms with E-state index in [1.54, 1.807) is 0 Å². The number of halogens is 1. The summed E-state index contributed by atoms with van der Waals surface area (Å²) >= 11 is 6.03. The molecule has 0 aliphatic carbocycles. The summed E-state index contributed by atoms with van der Waals surface area (Å²) in [5.74, 6) is 2.94. The van der Waals surface area contributed by atoms with Gasteiger partial charge in [-0.1, -0.05) is 47.9 Å². The summed E-state index contributed by atoms with van der Waals surface area (Å²) in [7, 11) is 0. The van der Waals surface area contributed by atoms with Crippen LogP contribution in [0.2, 0.25) is 5.02 Å². The average Bonchev–Trinajstić information content (AvgIpc) is 2.40. The highest BCUT2D eigenvalue weighted by Crippen LogP contribution is 2.24. The van der Waals surface area contributed by atoms with E-state index in [1.165, 1.54) is 16.7 Å². The van der Waals surface area contributed by atoms with E-state index in [0.717, 1.165) is 17.0 Å². The van der Waals surface area contributed by atoms with Crippen molar-refractivity contribution in [2.75, 3.05) is 0 Å². The van der Waals surface area contributed by atoms with Crippen LogP contribution in [0.25, 0.3) is 0 Å². The van der Waals surface area contributed by atoms with Crippen molar-refractivity contribution in [1.29, 1.82) is 0 Å². The molecule has 1 heteroatoms. The minimum Gasteiger partial charge on any atom is -0.119 e. The normalized spacial score (nSPS) is 11.9. The number of terminal acetylenes is 1. The summed E-state index contributed by atoms with van der Waals surface area (Å²) in [4.78, 5) is 0. The monoisotopic (exact) mass is 268 g/mol. The lowest BCUT2D eigenvalue weighted by molar-refractivity contribution is 0.861. The Morgan fingerprint density at radius 1 is 1.11 bits per heavy atom. The fourth-order valence-corrected chi connectivity index (χ4v) is 2.36. The fourth-order valence-electron chi connectivity index (χ4n) is 2.16. The van der Waals surface area contributed by atoms with Crippen LogP contribution in [0, 0.1) is 26.2 Å². The molecule has 19 heavy (non-hydrogen) atoms. The molecule has 2 aromatic carbocycles. The summed E-state index contributed by atoms with van der Waals surface area (Å²) in [6, 6.07) is 14.3. The minimum atomic E-state index is 0.0702. The van der Waals surface area contributed by atoms with Gasteiger partial charge in [-0.05, 0) is 54.7 Å². The van der Waals surface area contributed by atoms with Crippen molar-refractivity contribution >= 4 is 11.6 Å². The third-order valence-electron chi connectivity index (χ3n) is 3.46. The van der Waals surface area contributed by atoms with Crippen molar-refractivity contribution in [3.05, 3.63) is 69.7 Å². The van der Waals surface area contributed by atoms with Crippen LogP contribution in [0.3, 0.4) is 0 Å². The van der Waals surface area contributed by atoms with Crippen LogP contribution in [0.1, 0.15) is 28.2 Å². The van der Waals surface area contributed by atoms with Gasteiger partial charge in [-0.3, -0.25) is 0 Å². The van der Waals surface area contributed by atoms with E-state index in [-0.39, 0.29) is 5.92 Å². The molecule has 0 radical (unpaired) electrons. The van der Waals surface area contributed by atoms with E-state index in [2.05, 4.69) is 38.0 Å². The lowest BCUT2D eigenvalue weighted by Crippen LogP contribution is -2.01. The first-order chi connectivity index (χ1) is 9.10. The van der Waals surface area contributed by atoms with E-state index >= 15 is 0 Å². The van der Waals surface area contributed by atoms with Crippen molar-refractivity contribution in [2.24, 2.45) is 0 Å². The lowest BCUT2D eigenvalue weighted by atomic mass is 9.91. The fraction of sp³-hybridized carbons (Fsp3) is 0.222. The molecule has 0 nitrogen and oxygen atoms in total. The Hall–Kier alpha value is -1.71. The second kappa shape index (κ2) is 5.95. The van der Waals surface area contributed by atoms with Crippen LogP contribution in [0.4, 0.5) is 0 Å². The zero-order valence-corrected chi connectivity index (χ0v) is 12.0. The lowest BCUT2D eigenvalue weighted by Gasteiger charge is -2.13. The van der Waals surface area contributed by atoms with Gasteiger partial charge in [0.15, 0.2) is 0 Å². The van der Waals surface area contributed by atoms with Crippen LogP contribution in [0.5, 0.6) is 0 Å². The number of aryl methyl sites for hydroxylation is 2. The largest absolute Gasteiger partial charge is 0.119 e. The highest BCUT2D eigenvalue weighted by atomic mass is 35.5. The molecule has 0 bridgehead atoms. The molecule has 0 aromatic heterocycles. The molecule has 2 aromatic rings. The minimum absolute atomic E-state index is 0.0702. The summed E-state index contributed by atoms with van der Waals surface area (Å²) in [6.45, 7) is 4.25. The number of rotatable bonds is 3. The topological polar surface area (TPSA) is 0 Å². The molecule has 0 saturated heterocycles. The van der Waals surface area contributed by atoms with Gasteiger partial charge < -0.3 is 0 Å². The van der Waals surface area contributed by atoms with Crippen molar-refractivity contribution in [2.45, 2.75) is 26.2 Å². The summed E-state index contributed by atoms with van der Waals surface area (Å²) in [5.41, 5.74) is 4.99. The van der Waals surface area contributed by atoms with Crippen molar-refractivity contribution in [1.82, 2.24) is 0 Å². The number of hydrogen-bond donors (Lipinski definition) is 0. The summed E-state index contributed by atoms with van der Waals surface area (Å²) in [5, 5.41) is 0.734. The van der Waals surface area contributed by atoms with E-state index in [9.17, 15) is 0 Å². The Balaban J connectivity index is 2.24. The SMILES string of the molecule is C#CC(Cc1ccc(C)c(C)c1)c1cccc(Cl)c1. The maximum atomic E-state index is 6.03. The van der Waals surface area contributed by atoms with Gasteiger partial charge >= 0.3 is 0 Å². The third-order valence-corrected chi connectivity index (χ3v) is 3.70. The molecule has 0 saturated carbocycles. The van der Waals surface area contributed by atoms with Gasteiger partial charge in [0.25, 0.3) is 0 Å². The van der Waals surface area contributed by atoms with E-state index in [1.807, 2.05) is 24.3 Å². The standard InChI is InChI=1S/C18H17Cl/c1-4-16(17-6-5-7-18(19)12-17)11-15-9-8-13(2)14(3)10-15/h1,5-10,12,16H,11H2,2-3H3. The predicted octanol–water partition coefficient (Wildman–Crippen LogP) is 4.92. The molecule has 1 unspecified atom stereocenters. The van der Waals surface area contributed by atoms with E-state index in [0.29, 0.717) is 0 Å². The Bertz CT molecular complexity index is 620. The summed E-state index contributed by atoms with van der Waals surface area (Å²) in [6.07, 6.45) is 6.52. The van der Waals surface area contributed by atoms with Crippen LogP contribution in [-0.2, 0) is 6.42 Å². The van der Waals surface area contributed by atoms with Gasteiger partial charge in [-0.25, -0.2) is 0 Å². The molecule has 0 aliphatic heterocycles. The van der Waals surface area contributed by atoms with Crippen LogP contribution in [0.15, 0.2) is 42.5 Å². The molecule has 0 N–H and O–H groups in total. The number of benzene rings is 2. The van der Waals surface area contributed by atoms with Crippen molar-refractivity contribution in [3.63, 3.8) is 0 Å². The van der Waals surface area contributed by atoms with Gasteiger partial charge in [-0.2, -0.15) is 0 Å². The Morgan fingerprint density at radius 3 is 2.53 bits per heavy atom. The maximum absolute atomic E-state index is 6.03. The quantitative estimate of drug-likeness (QED) is 0.694. The molecular formula is C18H17Cl. The van der Waals surface area contributed by atoms with E-state index in [4.69, 9.17) is 18.0 Å². The smallest absolute Gasteiger partial charge is 0.0490 e. The molecule has 0 aliphatic rings. The average molecular weight is 269 g/mol. The summed E-state index contributed by atoms with van der Waals surface area (Å²) < 4.78 is 0. The highest BCUT2D eigenvalue weighted by Gasteiger charge is 2.10. The number of hydrogen-bond acceptors (Lipinski definition) is 0. The Labute approximate surface area is 120 Å². The molecule has 2 rings (SSSR count). The molecule has 0 spiro atoms. The van der Waals surface area contributed by atoms with Crippen molar-refractivity contribution in [3.8, 4) is 12.3 Å². The Kier molecular flexibility index (Phi) is 4.30. The van der Waals surface area contributed by atoms with Gasteiger partial charge in [0.2, 0.25) is 0 Å². The van der Waals surface area contributed by atoms with Gasteiger partial charge in [0.05, 0.1) is 0 Å². The van der Waals surface area contributed by atoms with Gasteiger partial charge in [0.1, 0.15) is 0 Å².